The first kappa shape index (κ1) is 20.7. The molecule has 0 radical (unpaired) electrons. The summed E-state index contributed by atoms with van der Waals surface area (Å²) in [5, 5.41) is 2.31. The Bertz CT molecular complexity index is 917. The van der Waals surface area contributed by atoms with Crippen molar-refractivity contribution < 1.29 is 14.3 Å². The zero-order valence-electron chi connectivity index (χ0n) is 16.2. The van der Waals surface area contributed by atoms with Gasteiger partial charge in [0, 0.05) is 4.90 Å². The van der Waals surface area contributed by atoms with E-state index >= 15 is 0 Å². The maximum absolute atomic E-state index is 12.8. The summed E-state index contributed by atoms with van der Waals surface area (Å²) in [4.78, 5) is 26.0. The first-order valence-corrected chi connectivity index (χ1v) is 10.3. The molecule has 0 heterocycles. The quantitative estimate of drug-likeness (QED) is 0.426. The molecule has 0 aliphatic carbocycles. The Morgan fingerprint density at radius 2 is 1.34 bits per heavy atom. The fourth-order valence-corrected chi connectivity index (χ4v) is 3.88. The Kier molecular flexibility index (Phi) is 7.47. The number of ether oxygens (including phenoxy) is 1. The molecule has 0 saturated heterocycles. The van der Waals surface area contributed by atoms with Gasteiger partial charge in [-0.3, -0.25) is 9.59 Å². The highest BCUT2D eigenvalue weighted by Crippen LogP contribution is 2.36. The molecule has 0 saturated carbocycles. The molecule has 3 aromatic carbocycles. The topological polar surface area (TPSA) is 55.4 Å². The summed E-state index contributed by atoms with van der Waals surface area (Å²) in [6.45, 7) is 1.59. The number of nitrogens with one attached hydrogen (secondary N) is 1. The normalized spacial score (nSPS) is 12.6. The van der Waals surface area contributed by atoms with Gasteiger partial charge in [-0.2, -0.15) is 0 Å². The van der Waals surface area contributed by atoms with Gasteiger partial charge in [-0.15, -0.1) is 11.8 Å². The summed E-state index contributed by atoms with van der Waals surface area (Å²) in [6.07, 6.45) is 0. The van der Waals surface area contributed by atoms with Gasteiger partial charge in [0.1, 0.15) is 5.25 Å². The highest BCUT2D eigenvalue weighted by atomic mass is 32.2. The van der Waals surface area contributed by atoms with Crippen molar-refractivity contribution in [3.8, 4) is 0 Å². The van der Waals surface area contributed by atoms with Crippen LogP contribution in [0, 0.1) is 0 Å². The van der Waals surface area contributed by atoms with Crippen molar-refractivity contribution in [3.05, 3.63) is 102 Å². The second-order valence-corrected chi connectivity index (χ2v) is 7.71. The maximum atomic E-state index is 12.8. The van der Waals surface area contributed by atoms with E-state index in [-0.39, 0.29) is 18.6 Å². The van der Waals surface area contributed by atoms with Crippen molar-refractivity contribution >= 4 is 23.6 Å². The Labute approximate surface area is 175 Å². The van der Waals surface area contributed by atoms with Crippen LogP contribution in [0.2, 0.25) is 0 Å². The molecule has 4 nitrogen and oxygen atoms in total. The van der Waals surface area contributed by atoms with Crippen molar-refractivity contribution in [2.45, 2.75) is 23.1 Å². The minimum Gasteiger partial charge on any atom is -0.454 e. The molecule has 0 fully saturated rings. The molecule has 2 atom stereocenters. The third-order valence-electron chi connectivity index (χ3n) is 4.34. The molecular weight excluding hydrogens is 382 g/mol. The zero-order chi connectivity index (χ0) is 20.5. The zero-order valence-corrected chi connectivity index (χ0v) is 17.0. The van der Waals surface area contributed by atoms with E-state index in [1.54, 1.807) is 0 Å². The van der Waals surface area contributed by atoms with Crippen molar-refractivity contribution in [1.82, 2.24) is 5.32 Å². The van der Waals surface area contributed by atoms with Gasteiger partial charge in [-0.05, 0) is 30.2 Å². The van der Waals surface area contributed by atoms with Crippen molar-refractivity contribution in [2.24, 2.45) is 0 Å². The van der Waals surface area contributed by atoms with Gasteiger partial charge in [0.15, 0.2) is 6.61 Å². The predicted molar refractivity (Wildman–Crippen MR) is 115 cm³/mol. The summed E-state index contributed by atoms with van der Waals surface area (Å²) in [5.74, 6) is -0.765. The highest BCUT2D eigenvalue weighted by molar-refractivity contribution is 8.00. The SMILES string of the molecule is C[C@H](NC(=O)COC(=O)[C@@H](Sc1ccccc1)c1ccccc1)c1ccccc1. The molecule has 0 bridgehead atoms. The third-order valence-corrected chi connectivity index (χ3v) is 5.58. The predicted octanol–water partition coefficient (Wildman–Crippen LogP) is 4.94. The highest BCUT2D eigenvalue weighted by Gasteiger charge is 2.24. The lowest BCUT2D eigenvalue weighted by molar-refractivity contribution is -0.148. The van der Waals surface area contributed by atoms with E-state index in [4.69, 9.17) is 4.74 Å². The fraction of sp³-hybridized carbons (Fsp3) is 0.167. The molecule has 3 aromatic rings. The molecular formula is C24H23NO3S. The summed E-state index contributed by atoms with van der Waals surface area (Å²) in [5.41, 5.74) is 1.83. The first-order chi connectivity index (χ1) is 14.1. The molecule has 0 spiro atoms. The maximum Gasteiger partial charge on any atom is 0.324 e. The van der Waals surface area contributed by atoms with Crippen LogP contribution in [0.15, 0.2) is 95.9 Å². The minimum absolute atomic E-state index is 0.161. The lowest BCUT2D eigenvalue weighted by Gasteiger charge is -2.17. The summed E-state index contributed by atoms with van der Waals surface area (Å²) in [6, 6.07) is 28.6. The van der Waals surface area contributed by atoms with Crippen LogP contribution in [0.5, 0.6) is 0 Å². The molecule has 5 heteroatoms. The van der Waals surface area contributed by atoms with E-state index < -0.39 is 11.2 Å². The van der Waals surface area contributed by atoms with Crippen molar-refractivity contribution in [2.75, 3.05) is 6.61 Å². The average Bonchev–Trinajstić information content (AvgIpc) is 2.77. The number of rotatable bonds is 8. The summed E-state index contributed by atoms with van der Waals surface area (Å²) < 4.78 is 5.36. The van der Waals surface area contributed by atoms with Crippen molar-refractivity contribution in [1.29, 1.82) is 0 Å². The van der Waals surface area contributed by atoms with Crippen LogP contribution in [0.4, 0.5) is 0 Å². The molecule has 0 aliphatic heterocycles. The van der Waals surface area contributed by atoms with E-state index in [1.165, 1.54) is 11.8 Å². The van der Waals surface area contributed by atoms with Gasteiger partial charge in [-0.1, -0.05) is 78.9 Å². The number of carbonyl (C=O) groups is 2. The molecule has 3 rings (SSSR count). The largest absolute Gasteiger partial charge is 0.454 e. The lowest BCUT2D eigenvalue weighted by atomic mass is 10.1. The number of esters is 1. The Balaban J connectivity index is 1.61. The minimum atomic E-state index is -0.544. The van der Waals surface area contributed by atoms with Crippen LogP contribution in [-0.2, 0) is 14.3 Å². The Morgan fingerprint density at radius 3 is 1.93 bits per heavy atom. The Morgan fingerprint density at radius 1 is 0.828 bits per heavy atom. The monoisotopic (exact) mass is 405 g/mol. The van der Waals surface area contributed by atoms with E-state index in [0.29, 0.717) is 0 Å². The molecule has 0 aliphatic rings. The van der Waals surface area contributed by atoms with Gasteiger partial charge >= 0.3 is 5.97 Å². The van der Waals surface area contributed by atoms with Crippen molar-refractivity contribution in [3.63, 3.8) is 0 Å². The molecule has 148 valence electrons. The molecule has 1 amide bonds. The fourth-order valence-electron chi connectivity index (χ4n) is 2.84. The smallest absolute Gasteiger partial charge is 0.324 e. The van der Waals surface area contributed by atoms with Crippen LogP contribution in [0.1, 0.15) is 29.3 Å². The molecule has 0 aromatic heterocycles. The summed E-state index contributed by atoms with van der Waals surface area (Å²) in [7, 11) is 0. The second kappa shape index (κ2) is 10.5. The van der Waals surface area contributed by atoms with E-state index in [9.17, 15) is 9.59 Å². The standard InChI is InChI=1S/C24H23NO3S/c1-18(19-11-5-2-6-12-19)25-22(26)17-28-24(27)23(20-13-7-3-8-14-20)29-21-15-9-4-10-16-21/h2-16,18,23H,17H2,1H3,(H,25,26)/t18-,23-/m0/s1. The van der Waals surface area contributed by atoms with E-state index in [1.807, 2.05) is 97.9 Å². The second-order valence-electron chi connectivity index (χ2n) is 6.53. The number of benzene rings is 3. The van der Waals surface area contributed by atoms with Gasteiger partial charge in [0.2, 0.25) is 0 Å². The number of hydrogen-bond donors (Lipinski definition) is 1. The number of hydrogen-bond acceptors (Lipinski definition) is 4. The van der Waals surface area contributed by atoms with Gasteiger partial charge in [-0.25, -0.2) is 0 Å². The molecule has 0 unspecified atom stereocenters. The number of thioether (sulfide) groups is 1. The van der Waals surface area contributed by atoms with E-state index in [2.05, 4.69) is 5.32 Å². The van der Waals surface area contributed by atoms with E-state index in [0.717, 1.165) is 16.0 Å². The third kappa shape index (κ3) is 6.22. The Hall–Kier alpha value is -3.05. The molecule has 29 heavy (non-hydrogen) atoms. The van der Waals surface area contributed by atoms with Crippen LogP contribution < -0.4 is 5.32 Å². The molecule has 1 N–H and O–H groups in total. The van der Waals surface area contributed by atoms with Crippen LogP contribution in [0.3, 0.4) is 0 Å². The average molecular weight is 406 g/mol. The lowest BCUT2D eigenvalue weighted by Crippen LogP contribution is -2.31. The van der Waals surface area contributed by atoms with Gasteiger partial charge in [0.25, 0.3) is 5.91 Å². The number of carbonyl (C=O) groups excluding carboxylic acids is 2. The van der Waals surface area contributed by atoms with Crippen LogP contribution in [0.25, 0.3) is 0 Å². The van der Waals surface area contributed by atoms with Crippen LogP contribution >= 0.6 is 11.8 Å². The van der Waals surface area contributed by atoms with Gasteiger partial charge < -0.3 is 10.1 Å². The van der Waals surface area contributed by atoms with Gasteiger partial charge in [0.05, 0.1) is 6.04 Å². The number of amides is 1. The van der Waals surface area contributed by atoms with Crippen LogP contribution in [-0.4, -0.2) is 18.5 Å². The summed E-state index contributed by atoms with van der Waals surface area (Å²) >= 11 is 1.41. The first-order valence-electron chi connectivity index (χ1n) is 9.41.